The minimum Gasteiger partial charge on any atom is -0.282 e. The van der Waals surface area contributed by atoms with Crippen molar-refractivity contribution in [2.75, 3.05) is 0 Å². The summed E-state index contributed by atoms with van der Waals surface area (Å²) in [4.78, 5) is -0.271. The Morgan fingerprint density at radius 2 is 2.00 bits per heavy atom. The SMILES string of the molecule is O=S(=O)(O)c1cc(Cl)ccc1[S]. The molecule has 0 aromatic heterocycles. The van der Waals surface area contributed by atoms with Crippen LogP contribution in [0, 0.1) is 0 Å². The number of hydrogen-bond donors (Lipinski definition) is 1. The summed E-state index contributed by atoms with van der Waals surface area (Å²) < 4.78 is 29.9. The van der Waals surface area contributed by atoms with Crippen molar-refractivity contribution in [1.82, 2.24) is 0 Å². The summed E-state index contributed by atoms with van der Waals surface area (Å²) in [5.74, 6) is 0. The van der Waals surface area contributed by atoms with Crippen LogP contribution < -0.4 is 0 Å². The van der Waals surface area contributed by atoms with Gasteiger partial charge in [-0.3, -0.25) is 4.55 Å². The van der Waals surface area contributed by atoms with Crippen molar-refractivity contribution in [1.29, 1.82) is 0 Å². The van der Waals surface area contributed by atoms with Crippen molar-refractivity contribution < 1.29 is 13.0 Å². The summed E-state index contributed by atoms with van der Waals surface area (Å²) in [5.41, 5.74) is 0. The average Bonchev–Trinajstić information content (AvgIpc) is 1.92. The lowest BCUT2D eigenvalue weighted by molar-refractivity contribution is 0.481. The number of rotatable bonds is 1. The van der Waals surface area contributed by atoms with E-state index in [1.54, 1.807) is 0 Å². The van der Waals surface area contributed by atoms with Crippen LogP contribution in [0.2, 0.25) is 5.02 Å². The summed E-state index contributed by atoms with van der Waals surface area (Å²) >= 11 is 10.2. The van der Waals surface area contributed by atoms with Gasteiger partial charge in [0, 0.05) is 5.02 Å². The highest BCUT2D eigenvalue weighted by Gasteiger charge is 2.14. The second kappa shape index (κ2) is 3.18. The molecule has 0 spiro atoms. The van der Waals surface area contributed by atoms with Crippen LogP contribution in [0.1, 0.15) is 0 Å². The Morgan fingerprint density at radius 3 is 2.42 bits per heavy atom. The zero-order chi connectivity index (χ0) is 9.35. The van der Waals surface area contributed by atoms with E-state index in [0.29, 0.717) is 0 Å². The lowest BCUT2D eigenvalue weighted by Gasteiger charge is -1.99. The average molecular weight is 224 g/mol. The smallest absolute Gasteiger partial charge is 0.282 e. The fraction of sp³-hybridized carbons (Fsp3) is 0. The van der Waals surface area contributed by atoms with Gasteiger partial charge in [-0.15, -0.1) is 0 Å². The lowest BCUT2D eigenvalue weighted by Crippen LogP contribution is -1.98. The Morgan fingerprint density at radius 1 is 1.42 bits per heavy atom. The van der Waals surface area contributed by atoms with Crippen molar-refractivity contribution in [3.63, 3.8) is 0 Å². The van der Waals surface area contributed by atoms with Crippen LogP contribution in [-0.4, -0.2) is 13.0 Å². The van der Waals surface area contributed by atoms with Gasteiger partial charge in [0.25, 0.3) is 10.1 Å². The molecule has 0 amide bonds. The van der Waals surface area contributed by atoms with Crippen LogP contribution in [-0.2, 0) is 10.1 Å². The topological polar surface area (TPSA) is 54.4 Å². The Bertz CT molecular complexity index is 399. The fourth-order valence-electron chi connectivity index (χ4n) is 0.683. The molecule has 1 rings (SSSR count). The molecule has 1 radical (unpaired) electrons. The van der Waals surface area contributed by atoms with Crippen LogP contribution in [0.5, 0.6) is 0 Å². The van der Waals surface area contributed by atoms with Crippen LogP contribution in [0.15, 0.2) is 28.0 Å². The predicted molar refractivity (Wildman–Crippen MR) is 47.1 cm³/mol. The van der Waals surface area contributed by atoms with Crippen LogP contribution in [0.3, 0.4) is 0 Å². The monoisotopic (exact) mass is 223 g/mol. The molecule has 1 N–H and O–H groups in total. The third-order valence-corrected chi connectivity index (χ3v) is 2.80. The van der Waals surface area contributed by atoms with E-state index >= 15 is 0 Å². The molecule has 0 unspecified atom stereocenters. The molecule has 1 aromatic rings. The standard InChI is InChI=1S/C6H4ClO3S2/c7-4-1-2-5(11)6(3-4)12(8,9)10/h1-3H,(H,8,9,10). The van der Waals surface area contributed by atoms with Gasteiger partial charge in [0.05, 0.1) is 4.90 Å². The van der Waals surface area contributed by atoms with E-state index in [4.69, 9.17) is 16.2 Å². The Balaban J connectivity index is 3.43. The van der Waals surface area contributed by atoms with Gasteiger partial charge in [-0.05, 0) is 18.2 Å². The second-order valence-corrected chi connectivity index (χ2v) is 4.33. The van der Waals surface area contributed by atoms with Crippen molar-refractivity contribution in [2.45, 2.75) is 9.79 Å². The van der Waals surface area contributed by atoms with Gasteiger partial charge in [0.2, 0.25) is 0 Å². The second-order valence-electron chi connectivity index (χ2n) is 2.07. The summed E-state index contributed by atoms with van der Waals surface area (Å²) in [6.07, 6.45) is 0. The van der Waals surface area contributed by atoms with E-state index in [1.807, 2.05) is 0 Å². The molecule has 12 heavy (non-hydrogen) atoms. The maximum Gasteiger partial charge on any atom is 0.296 e. The molecule has 0 saturated carbocycles. The molecule has 0 aliphatic heterocycles. The predicted octanol–water partition coefficient (Wildman–Crippen LogP) is 2.14. The van der Waals surface area contributed by atoms with Crippen molar-refractivity contribution in [3.8, 4) is 0 Å². The number of benzene rings is 1. The highest BCUT2D eigenvalue weighted by molar-refractivity contribution is 7.87. The van der Waals surface area contributed by atoms with Gasteiger partial charge < -0.3 is 0 Å². The number of halogens is 1. The first kappa shape index (κ1) is 9.73. The fourth-order valence-corrected chi connectivity index (χ4v) is 1.96. The minimum atomic E-state index is -4.24. The van der Waals surface area contributed by atoms with Crippen molar-refractivity contribution in [3.05, 3.63) is 23.2 Å². The summed E-state index contributed by atoms with van der Waals surface area (Å²) in [7, 11) is -4.24. The van der Waals surface area contributed by atoms with E-state index in [1.165, 1.54) is 12.1 Å². The van der Waals surface area contributed by atoms with Gasteiger partial charge in [-0.1, -0.05) is 24.2 Å². The normalized spacial score (nSPS) is 11.5. The van der Waals surface area contributed by atoms with Crippen molar-refractivity contribution >= 4 is 34.3 Å². The molecule has 0 aliphatic rings. The minimum absolute atomic E-state index is 0.0573. The molecule has 0 bridgehead atoms. The first-order valence-corrected chi connectivity index (χ1v) is 5.08. The maximum absolute atomic E-state index is 10.6. The molecule has 0 heterocycles. The van der Waals surface area contributed by atoms with Crippen LogP contribution in [0.4, 0.5) is 0 Å². The number of hydrogen-bond acceptors (Lipinski definition) is 2. The summed E-state index contributed by atoms with van der Waals surface area (Å²) in [6.45, 7) is 0. The van der Waals surface area contributed by atoms with E-state index in [0.717, 1.165) is 6.07 Å². The zero-order valence-corrected chi connectivity index (χ0v) is 8.08. The third kappa shape index (κ3) is 2.07. The van der Waals surface area contributed by atoms with Gasteiger partial charge in [0.1, 0.15) is 4.90 Å². The van der Waals surface area contributed by atoms with E-state index in [9.17, 15) is 8.42 Å². The molecule has 65 valence electrons. The van der Waals surface area contributed by atoms with Gasteiger partial charge >= 0.3 is 0 Å². The van der Waals surface area contributed by atoms with Gasteiger partial charge in [-0.2, -0.15) is 8.42 Å². The largest absolute Gasteiger partial charge is 0.296 e. The molecule has 1 aromatic carbocycles. The molecular formula is C6H4ClO3S2. The van der Waals surface area contributed by atoms with Crippen LogP contribution in [0.25, 0.3) is 0 Å². The molecule has 3 nitrogen and oxygen atoms in total. The Hall–Kier alpha value is -0.360. The van der Waals surface area contributed by atoms with E-state index in [-0.39, 0.29) is 14.8 Å². The highest BCUT2D eigenvalue weighted by Crippen LogP contribution is 2.22. The molecule has 0 fully saturated rings. The Kier molecular flexibility index (Phi) is 2.58. The molecular weight excluding hydrogens is 220 g/mol. The quantitative estimate of drug-likeness (QED) is 0.743. The first-order chi connectivity index (χ1) is 5.41. The molecule has 0 aliphatic carbocycles. The zero-order valence-electron chi connectivity index (χ0n) is 5.69. The van der Waals surface area contributed by atoms with E-state index in [2.05, 4.69) is 12.6 Å². The summed E-state index contributed by atoms with van der Waals surface area (Å²) in [6, 6.07) is 3.92. The van der Waals surface area contributed by atoms with Crippen LogP contribution >= 0.6 is 24.2 Å². The Labute approximate surface area is 80.5 Å². The first-order valence-electron chi connectivity index (χ1n) is 2.85. The molecule has 0 saturated heterocycles. The third-order valence-electron chi connectivity index (χ3n) is 1.18. The van der Waals surface area contributed by atoms with Crippen molar-refractivity contribution in [2.24, 2.45) is 0 Å². The highest BCUT2D eigenvalue weighted by atomic mass is 35.5. The van der Waals surface area contributed by atoms with Gasteiger partial charge in [-0.25, -0.2) is 0 Å². The molecule has 6 heteroatoms. The lowest BCUT2D eigenvalue weighted by atomic mass is 10.4. The molecule has 0 atom stereocenters. The maximum atomic E-state index is 10.6. The van der Waals surface area contributed by atoms with E-state index < -0.39 is 10.1 Å². The van der Waals surface area contributed by atoms with Gasteiger partial charge in [0.15, 0.2) is 0 Å². The summed E-state index contributed by atoms with van der Waals surface area (Å²) in [5, 5.41) is 0.219.